The van der Waals surface area contributed by atoms with E-state index in [1.54, 1.807) is 7.11 Å². The van der Waals surface area contributed by atoms with Crippen molar-refractivity contribution in [1.82, 2.24) is 10.2 Å². The van der Waals surface area contributed by atoms with Gasteiger partial charge in [0, 0.05) is 43.3 Å². The molecule has 0 aliphatic carbocycles. The smallest absolute Gasteiger partial charge is 0.126 e. The molecule has 1 N–H and O–H groups in total. The largest absolute Gasteiger partial charge is 0.496 e. The minimum atomic E-state index is 0.832. The van der Waals surface area contributed by atoms with Crippen molar-refractivity contribution in [2.45, 2.75) is 34.2 Å². The van der Waals surface area contributed by atoms with Gasteiger partial charge in [-0.3, -0.25) is 4.90 Å². The topological polar surface area (TPSA) is 24.5 Å². The number of piperazine rings is 1. The van der Waals surface area contributed by atoms with Gasteiger partial charge in [0.05, 0.1) is 7.11 Å². The molecule has 1 aliphatic heterocycles. The molecule has 1 aromatic carbocycles. The third kappa shape index (κ3) is 4.11. The predicted molar refractivity (Wildman–Crippen MR) is 87.0 cm³/mol. The van der Waals surface area contributed by atoms with E-state index in [-0.39, 0.29) is 0 Å². The Balaban J connectivity index is 0.000000956. The van der Waals surface area contributed by atoms with E-state index in [2.05, 4.69) is 17.1 Å². The molecule has 20 heavy (non-hydrogen) atoms. The summed E-state index contributed by atoms with van der Waals surface area (Å²) in [6.45, 7) is 13.3. The van der Waals surface area contributed by atoms with Crippen molar-refractivity contribution < 1.29 is 4.74 Å². The maximum absolute atomic E-state index is 6.28. The lowest BCUT2D eigenvalue weighted by molar-refractivity contribution is 0.230. The third-order valence-electron chi connectivity index (χ3n) is 3.66. The molecule has 1 fully saturated rings. The van der Waals surface area contributed by atoms with Crippen LogP contribution in [0.15, 0.2) is 6.07 Å². The van der Waals surface area contributed by atoms with E-state index in [4.69, 9.17) is 16.3 Å². The average Bonchev–Trinajstić information content (AvgIpc) is 2.48. The zero-order valence-electron chi connectivity index (χ0n) is 13.3. The first-order valence-electron chi connectivity index (χ1n) is 7.39. The molecule has 0 bridgehead atoms. The standard InChI is InChI=1S/C14H21ClN2O.C2H6/c1-10-11(2)14(18-3)12(8-13(10)15)9-17-6-4-16-5-7-17;1-2/h8,16H,4-7,9H2,1-3H3;1-2H3. The average molecular weight is 299 g/mol. The van der Waals surface area contributed by atoms with Crippen LogP contribution in [0.4, 0.5) is 0 Å². The van der Waals surface area contributed by atoms with Crippen LogP contribution in [-0.2, 0) is 6.54 Å². The Hall–Kier alpha value is -0.770. The maximum atomic E-state index is 6.28. The lowest BCUT2D eigenvalue weighted by Gasteiger charge is -2.28. The molecule has 0 unspecified atom stereocenters. The molecule has 4 heteroatoms. The van der Waals surface area contributed by atoms with Crippen molar-refractivity contribution in [2.75, 3.05) is 33.3 Å². The fourth-order valence-electron chi connectivity index (χ4n) is 2.43. The first-order chi connectivity index (χ1) is 9.63. The number of hydrogen-bond donors (Lipinski definition) is 1. The van der Waals surface area contributed by atoms with Crippen molar-refractivity contribution in [1.29, 1.82) is 0 Å². The Bertz CT molecular complexity index is 429. The molecular formula is C16H27ClN2O. The minimum absolute atomic E-state index is 0.832. The summed E-state index contributed by atoms with van der Waals surface area (Å²) >= 11 is 6.28. The van der Waals surface area contributed by atoms with Gasteiger partial charge in [0.1, 0.15) is 5.75 Å². The molecule has 1 aromatic rings. The first kappa shape index (κ1) is 17.3. The summed E-state index contributed by atoms with van der Waals surface area (Å²) in [5.74, 6) is 0.982. The van der Waals surface area contributed by atoms with Gasteiger partial charge in [-0.25, -0.2) is 0 Å². The zero-order chi connectivity index (χ0) is 15.1. The van der Waals surface area contributed by atoms with E-state index in [9.17, 15) is 0 Å². The van der Waals surface area contributed by atoms with E-state index in [1.165, 1.54) is 5.56 Å². The summed E-state index contributed by atoms with van der Waals surface area (Å²) in [7, 11) is 1.73. The van der Waals surface area contributed by atoms with Crippen molar-refractivity contribution in [2.24, 2.45) is 0 Å². The van der Waals surface area contributed by atoms with Gasteiger partial charge >= 0.3 is 0 Å². The van der Waals surface area contributed by atoms with Crippen LogP contribution in [0.1, 0.15) is 30.5 Å². The fraction of sp³-hybridized carbons (Fsp3) is 0.625. The second-order valence-electron chi connectivity index (χ2n) is 4.83. The number of ether oxygens (including phenoxy) is 1. The second-order valence-corrected chi connectivity index (χ2v) is 5.23. The number of benzene rings is 1. The lowest BCUT2D eigenvalue weighted by atomic mass is 10.0. The molecule has 2 rings (SSSR count). The van der Waals surface area contributed by atoms with Crippen LogP contribution in [0.25, 0.3) is 0 Å². The summed E-state index contributed by atoms with van der Waals surface area (Å²) in [5, 5.41) is 4.19. The van der Waals surface area contributed by atoms with E-state index >= 15 is 0 Å². The highest BCUT2D eigenvalue weighted by Crippen LogP contribution is 2.32. The molecule has 1 aliphatic rings. The number of halogens is 1. The summed E-state index contributed by atoms with van der Waals surface area (Å²) in [5.41, 5.74) is 3.44. The molecule has 3 nitrogen and oxygen atoms in total. The van der Waals surface area contributed by atoms with Gasteiger partial charge in [0.25, 0.3) is 0 Å². The van der Waals surface area contributed by atoms with Gasteiger partial charge in [-0.1, -0.05) is 25.4 Å². The summed E-state index contributed by atoms with van der Waals surface area (Å²) in [6.07, 6.45) is 0. The van der Waals surface area contributed by atoms with Gasteiger partial charge in [-0.15, -0.1) is 0 Å². The molecule has 0 aromatic heterocycles. The van der Waals surface area contributed by atoms with Crippen molar-refractivity contribution in [3.05, 3.63) is 27.8 Å². The van der Waals surface area contributed by atoms with Crippen molar-refractivity contribution >= 4 is 11.6 Å². The Labute approximate surface area is 128 Å². The zero-order valence-corrected chi connectivity index (χ0v) is 14.1. The normalized spacial score (nSPS) is 15.5. The van der Waals surface area contributed by atoms with E-state index in [0.29, 0.717) is 0 Å². The van der Waals surface area contributed by atoms with Crippen LogP contribution >= 0.6 is 11.6 Å². The Morgan fingerprint density at radius 1 is 1.20 bits per heavy atom. The lowest BCUT2D eigenvalue weighted by Crippen LogP contribution is -2.42. The number of nitrogens with zero attached hydrogens (tertiary/aromatic N) is 1. The number of nitrogens with one attached hydrogen (secondary N) is 1. The molecule has 0 spiro atoms. The highest BCUT2D eigenvalue weighted by molar-refractivity contribution is 6.31. The number of methoxy groups -OCH3 is 1. The Kier molecular flexibility index (Phi) is 7.35. The third-order valence-corrected chi connectivity index (χ3v) is 4.05. The molecule has 1 saturated heterocycles. The molecule has 0 saturated carbocycles. The highest BCUT2D eigenvalue weighted by Gasteiger charge is 2.16. The van der Waals surface area contributed by atoms with Crippen LogP contribution in [-0.4, -0.2) is 38.2 Å². The Morgan fingerprint density at radius 2 is 1.80 bits per heavy atom. The molecular weight excluding hydrogens is 272 g/mol. The Morgan fingerprint density at radius 3 is 2.35 bits per heavy atom. The van der Waals surface area contributed by atoms with E-state index < -0.39 is 0 Å². The van der Waals surface area contributed by atoms with Gasteiger partial charge in [0.2, 0.25) is 0 Å². The first-order valence-corrected chi connectivity index (χ1v) is 7.77. The summed E-state index contributed by atoms with van der Waals surface area (Å²) in [4.78, 5) is 2.43. The number of rotatable bonds is 3. The molecule has 114 valence electrons. The maximum Gasteiger partial charge on any atom is 0.126 e. The summed E-state index contributed by atoms with van der Waals surface area (Å²) < 4.78 is 5.55. The highest BCUT2D eigenvalue weighted by atomic mass is 35.5. The van der Waals surface area contributed by atoms with Gasteiger partial charge in [-0.05, 0) is 31.0 Å². The van der Waals surface area contributed by atoms with E-state index in [0.717, 1.165) is 54.6 Å². The molecule has 0 atom stereocenters. The monoisotopic (exact) mass is 298 g/mol. The van der Waals surface area contributed by atoms with Crippen LogP contribution in [0.3, 0.4) is 0 Å². The SMILES string of the molecule is CC.COc1c(CN2CCNCC2)cc(Cl)c(C)c1C. The van der Waals surface area contributed by atoms with Crippen LogP contribution in [0.5, 0.6) is 5.75 Å². The molecule has 1 heterocycles. The van der Waals surface area contributed by atoms with Crippen molar-refractivity contribution in [3.8, 4) is 5.75 Å². The fourth-order valence-corrected chi connectivity index (χ4v) is 2.70. The van der Waals surface area contributed by atoms with Crippen LogP contribution in [0.2, 0.25) is 5.02 Å². The van der Waals surface area contributed by atoms with Crippen LogP contribution in [0, 0.1) is 13.8 Å². The predicted octanol–water partition coefficient (Wildman–Crippen LogP) is 3.40. The van der Waals surface area contributed by atoms with Crippen molar-refractivity contribution in [3.63, 3.8) is 0 Å². The quantitative estimate of drug-likeness (QED) is 0.926. The van der Waals surface area contributed by atoms with Gasteiger partial charge < -0.3 is 10.1 Å². The van der Waals surface area contributed by atoms with E-state index in [1.807, 2.05) is 26.8 Å². The number of hydrogen-bond acceptors (Lipinski definition) is 3. The van der Waals surface area contributed by atoms with Gasteiger partial charge in [0.15, 0.2) is 0 Å². The second kappa shape index (κ2) is 8.50. The van der Waals surface area contributed by atoms with Crippen LogP contribution < -0.4 is 10.1 Å². The van der Waals surface area contributed by atoms with Gasteiger partial charge in [-0.2, -0.15) is 0 Å². The molecule has 0 radical (unpaired) electrons. The minimum Gasteiger partial charge on any atom is -0.496 e. The summed E-state index contributed by atoms with van der Waals surface area (Å²) in [6, 6.07) is 2.05. The molecule has 0 amide bonds.